The fourth-order valence-electron chi connectivity index (χ4n) is 3.35. The van der Waals surface area contributed by atoms with Crippen LogP contribution in [0.1, 0.15) is 50.5 Å². The first kappa shape index (κ1) is 25.6. The Labute approximate surface area is 206 Å². The highest BCUT2D eigenvalue weighted by Gasteiger charge is 2.30. The molecule has 3 rings (SSSR count). The summed E-state index contributed by atoms with van der Waals surface area (Å²) in [5.74, 6) is -3.93. The van der Waals surface area contributed by atoms with E-state index in [4.69, 9.17) is 11.1 Å². The van der Waals surface area contributed by atoms with Crippen molar-refractivity contribution >= 4 is 35.3 Å². The third kappa shape index (κ3) is 5.55. The monoisotopic (exact) mass is 488 g/mol. The van der Waals surface area contributed by atoms with Crippen LogP contribution in [0.3, 0.4) is 0 Å². The van der Waals surface area contributed by atoms with E-state index in [9.17, 15) is 29.4 Å². The van der Waals surface area contributed by atoms with Gasteiger partial charge in [-0.1, -0.05) is 24.3 Å². The number of carbonyl (C=O) groups is 4. The van der Waals surface area contributed by atoms with E-state index in [-0.39, 0.29) is 28.1 Å². The summed E-state index contributed by atoms with van der Waals surface area (Å²) in [4.78, 5) is 49.0. The zero-order chi connectivity index (χ0) is 26.6. The van der Waals surface area contributed by atoms with Crippen molar-refractivity contribution in [2.45, 2.75) is 19.4 Å². The van der Waals surface area contributed by atoms with Gasteiger partial charge < -0.3 is 26.6 Å². The van der Waals surface area contributed by atoms with Gasteiger partial charge in [0.2, 0.25) is 0 Å². The van der Waals surface area contributed by atoms with Gasteiger partial charge in [0.15, 0.2) is 0 Å². The number of amides is 2. The van der Waals surface area contributed by atoms with Crippen LogP contribution in [0.5, 0.6) is 0 Å². The van der Waals surface area contributed by atoms with Crippen LogP contribution < -0.4 is 16.4 Å². The van der Waals surface area contributed by atoms with Crippen molar-refractivity contribution < 1.29 is 29.4 Å². The van der Waals surface area contributed by atoms with Gasteiger partial charge in [0.05, 0.1) is 5.56 Å². The van der Waals surface area contributed by atoms with Crippen LogP contribution in [-0.2, 0) is 4.79 Å². The molecule has 0 unspecified atom stereocenters. The molecule has 36 heavy (non-hydrogen) atoms. The van der Waals surface area contributed by atoms with Crippen molar-refractivity contribution in [3.8, 4) is 11.1 Å². The SMILES string of the molecule is CC(C)(NC(=O)c1ccc(-c2ccccc2C(=O)Nc2ccc(C(=N)N)cc2)c(C(=O)O)c1)C(=O)O. The first-order chi connectivity index (χ1) is 16.9. The second-order valence-electron chi connectivity index (χ2n) is 8.44. The van der Waals surface area contributed by atoms with Crippen molar-refractivity contribution in [2.24, 2.45) is 5.73 Å². The first-order valence-corrected chi connectivity index (χ1v) is 10.7. The second-order valence-corrected chi connectivity index (χ2v) is 8.44. The Balaban J connectivity index is 1.97. The molecule has 0 aliphatic heterocycles. The molecule has 0 heterocycles. The van der Waals surface area contributed by atoms with Crippen LogP contribution >= 0.6 is 0 Å². The molecule has 3 aromatic carbocycles. The Bertz CT molecular complexity index is 1380. The number of benzene rings is 3. The first-order valence-electron chi connectivity index (χ1n) is 10.7. The molecule has 0 saturated heterocycles. The molecule has 10 heteroatoms. The Hall–Kier alpha value is -4.99. The number of nitrogens with one attached hydrogen (secondary N) is 3. The molecule has 184 valence electrons. The van der Waals surface area contributed by atoms with E-state index in [0.717, 1.165) is 6.07 Å². The number of aromatic carboxylic acids is 1. The number of carbonyl (C=O) groups excluding carboxylic acids is 2. The van der Waals surface area contributed by atoms with E-state index in [2.05, 4.69) is 10.6 Å². The van der Waals surface area contributed by atoms with Crippen molar-refractivity contribution in [1.82, 2.24) is 5.32 Å². The Morgan fingerprint density at radius 2 is 1.39 bits per heavy atom. The predicted octanol–water partition coefficient (Wildman–Crippen LogP) is 3.18. The topological polar surface area (TPSA) is 183 Å². The largest absolute Gasteiger partial charge is 0.480 e. The molecule has 0 aliphatic rings. The Kier molecular flexibility index (Phi) is 7.19. The van der Waals surface area contributed by atoms with Gasteiger partial charge in [-0.2, -0.15) is 0 Å². The van der Waals surface area contributed by atoms with E-state index in [1.54, 1.807) is 42.5 Å². The maximum atomic E-state index is 13.1. The van der Waals surface area contributed by atoms with E-state index >= 15 is 0 Å². The van der Waals surface area contributed by atoms with Crippen molar-refractivity contribution in [3.05, 3.63) is 89.0 Å². The van der Waals surface area contributed by atoms with Gasteiger partial charge >= 0.3 is 11.9 Å². The number of hydrogen-bond acceptors (Lipinski definition) is 5. The third-order valence-corrected chi connectivity index (χ3v) is 5.39. The molecule has 2 amide bonds. The number of aliphatic carboxylic acids is 1. The van der Waals surface area contributed by atoms with Gasteiger partial charge in [0.1, 0.15) is 11.4 Å². The number of anilines is 1. The summed E-state index contributed by atoms with van der Waals surface area (Å²) in [6, 6.07) is 16.7. The number of carboxylic acid groups (broad SMARTS) is 2. The number of hydrogen-bond donors (Lipinski definition) is 6. The summed E-state index contributed by atoms with van der Waals surface area (Å²) >= 11 is 0. The summed E-state index contributed by atoms with van der Waals surface area (Å²) in [6.45, 7) is 2.62. The maximum absolute atomic E-state index is 13.1. The minimum absolute atomic E-state index is 0.0435. The highest BCUT2D eigenvalue weighted by atomic mass is 16.4. The van der Waals surface area contributed by atoms with Crippen LogP contribution in [0.4, 0.5) is 5.69 Å². The fraction of sp³-hybridized carbons (Fsp3) is 0.115. The van der Waals surface area contributed by atoms with Gasteiger partial charge in [-0.25, -0.2) is 9.59 Å². The molecular formula is C26H24N4O6. The predicted molar refractivity (Wildman–Crippen MR) is 133 cm³/mol. The van der Waals surface area contributed by atoms with E-state index in [0.29, 0.717) is 16.8 Å². The lowest BCUT2D eigenvalue weighted by Crippen LogP contribution is -2.49. The molecule has 0 fully saturated rings. The molecule has 7 N–H and O–H groups in total. The lowest BCUT2D eigenvalue weighted by molar-refractivity contribution is -0.143. The zero-order valence-electron chi connectivity index (χ0n) is 19.5. The molecule has 3 aromatic rings. The van der Waals surface area contributed by atoms with Crippen molar-refractivity contribution in [3.63, 3.8) is 0 Å². The maximum Gasteiger partial charge on any atom is 0.336 e. The molecule has 0 aliphatic carbocycles. The smallest absolute Gasteiger partial charge is 0.336 e. The summed E-state index contributed by atoms with van der Waals surface area (Å²) < 4.78 is 0. The summed E-state index contributed by atoms with van der Waals surface area (Å²) in [5.41, 5.74) is 5.28. The number of carboxylic acids is 2. The lowest BCUT2D eigenvalue weighted by atomic mass is 9.93. The second kappa shape index (κ2) is 10.1. The lowest BCUT2D eigenvalue weighted by Gasteiger charge is -2.21. The van der Waals surface area contributed by atoms with Gasteiger partial charge in [-0.15, -0.1) is 0 Å². The van der Waals surface area contributed by atoms with Crippen LogP contribution in [0.15, 0.2) is 66.7 Å². The highest BCUT2D eigenvalue weighted by molar-refractivity contribution is 6.11. The van der Waals surface area contributed by atoms with Crippen LogP contribution in [0.2, 0.25) is 0 Å². The molecule has 0 radical (unpaired) electrons. The normalized spacial score (nSPS) is 10.8. The highest BCUT2D eigenvalue weighted by Crippen LogP contribution is 2.29. The molecular weight excluding hydrogens is 464 g/mol. The standard InChI is InChI=1S/C26H24N4O6/c1-26(2,25(35)36)30-22(31)15-9-12-18(20(13-15)24(33)34)17-5-3-4-6-19(17)23(32)29-16-10-7-14(8-11-16)21(27)28/h3-13H,1-2H3,(H3,27,28)(H,29,32)(H,30,31)(H,33,34)(H,35,36). The van der Waals surface area contributed by atoms with Gasteiger partial charge in [-0.3, -0.25) is 15.0 Å². The number of amidine groups is 1. The average Bonchev–Trinajstić information content (AvgIpc) is 2.83. The average molecular weight is 489 g/mol. The molecule has 0 saturated carbocycles. The summed E-state index contributed by atoms with van der Waals surface area (Å²) in [7, 11) is 0. The van der Waals surface area contributed by atoms with E-state index < -0.39 is 29.3 Å². The minimum atomic E-state index is -1.56. The number of rotatable bonds is 8. The Morgan fingerprint density at radius 1 is 0.806 bits per heavy atom. The van der Waals surface area contributed by atoms with Crippen LogP contribution in [-0.4, -0.2) is 45.3 Å². The molecule has 0 spiro atoms. The van der Waals surface area contributed by atoms with Crippen LogP contribution in [0, 0.1) is 5.41 Å². The molecule has 0 atom stereocenters. The van der Waals surface area contributed by atoms with Crippen molar-refractivity contribution in [1.29, 1.82) is 5.41 Å². The van der Waals surface area contributed by atoms with E-state index in [1.807, 2.05) is 0 Å². The fourth-order valence-corrected chi connectivity index (χ4v) is 3.35. The Morgan fingerprint density at radius 3 is 1.97 bits per heavy atom. The molecule has 10 nitrogen and oxygen atoms in total. The summed E-state index contributed by atoms with van der Waals surface area (Å²) in [6.07, 6.45) is 0. The zero-order valence-corrected chi connectivity index (χ0v) is 19.5. The van der Waals surface area contributed by atoms with Gasteiger partial charge in [-0.05, 0) is 67.4 Å². The third-order valence-electron chi connectivity index (χ3n) is 5.39. The van der Waals surface area contributed by atoms with E-state index in [1.165, 1.54) is 32.0 Å². The number of nitrogen functional groups attached to an aromatic ring is 1. The van der Waals surface area contributed by atoms with Gasteiger partial charge in [0, 0.05) is 22.4 Å². The molecule has 0 bridgehead atoms. The summed E-state index contributed by atoms with van der Waals surface area (Å²) in [5, 5.41) is 31.6. The quantitative estimate of drug-likeness (QED) is 0.208. The number of nitrogens with two attached hydrogens (primary N) is 1. The molecule has 0 aromatic heterocycles. The minimum Gasteiger partial charge on any atom is -0.480 e. The van der Waals surface area contributed by atoms with Gasteiger partial charge in [0.25, 0.3) is 11.8 Å². The van der Waals surface area contributed by atoms with Crippen molar-refractivity contribution in [2.75, 3.05) is 5.32 Å². The van der Waals surface area contributed by atoms with Crippen LogP contribution in [0.25, 0.3) is 11.1 Å².